The first-order chi connectivity index (χ1) is 9.61. The Balaban J connectivity index is 2.35. The third kappa shape index (κ3) is 7.58. The number of hydrogen-bond donors (Lipinski definition) is 1. The number of rotatable bonds is 10. The molecule has 0 aliphatic carbocycles. The summed E-state index contributed by atoms with van der Waals surface area (Å²) < 4.78 is 11.0. The van der Waals surface area contributed by atoms with E-state index in [1.807, 2.05) is 32.0 Å². The van der Waals surface area contributed by atoms with Crippen LogP contribution in [0.25, 0.3) is 0 Å². The lowest BCUT2D eigenvalue weighted by Crippen LogP contribution is -2.20. The Kier molecular flexibility index (Phi) is 8.42. The van der Waals surface area contributed by atoms with Crippen LogP contribution in [0, 0.1) is 5.92 Å². The van der Waals surface area contributed by atoms with E-state index in [9.17, 15) is 0 Å². The predicted molar refractivity (Wildman–Crippen MR) is 81.5 cm³/mol. The molecule has 1 rings (SSSR count). The second-order valence-electron chi connectivity index (χ2n) is 5.43. The molecule has 4 heteroatoms. The van der Waals surface area contributed by atoms with E-state index < -0.39 is 0 Å². The minimum atomic E-state index is 0.0967. The van der Waals surface area contributed by atoms with Crippen molar-refractivity contribution in [3.63, 3.8) is 0 Å². The van der Waals surface area contributed by atoms with Gasteiger partial charge in [0.25, 0.3) is 0 Å². The molecular formula is C16H28N2O2. The molecule has 0 saturated carbocycles. The second kappa shape index (κ2) is 9.86. The molecule has 0 aliphatic heterocycles. The molecule has 0 fully saturated rings. The molecule has 1 unspecified atom stereocenters. The van der Waals surface area contributed by atoms with Crippen molar-refractivity contribution in [2.45, 2.75) is 47.0 Å². The number of pyridine rings is 1. The summed E-state index contributed by atoms with van der Waals surface area (Å²) >= 11 is 0. The van der Waals surface area contributed by atoms with E-state index in [4.69, 9.17) is 9.47 Å². The number of aromatic nitrogens is 1. The molecule has 0 aliphatic rings. The fourth-order valence-electron chi connectivity index (χ4n) is 1.76. The van der Waals surface area contributed by atoms with E-state index in [0.29, 0.717) is 19.1 Å². The molecule has 0 amide bonds. The summed E-state index contributed by atoms with van der Waals surface area (Å²) in [7, 11) is 0. The SMILES string of the molecule is CCOCC(C)OCc1cccc(CNCC(C)C)n1. The molecule has 4 nitrogen and oxygen atoms in total. The van der Waals surface area contributed by atoms with Crippen LogP contribution in [-0.2, 0) is 22.6 Å². The van der Waals surface area contributed by atoms with E-state index in [1.54, 1.807) is 0 Å². The van der Waals surface area contributed by atoms with Gasteiger partial charge in [0.15, 0.2) is 0 Å². The fraction of sp³-hybridized carbons (Fsp3) is 0.688. The van der Waals surface area contributed by atoms with Gasteiger partial charge in [0, 0.05) is 13.2 Å². The predicted octanol–water partition coefficient (Wildman–Crippen LogP) is 2.77. The van der Waals surface area contributed by atoms with Gasteiger partial charge in [-0.3, -0.25) is 4.98 Å². The van der Waals surface area contributed by atoms with Crippen molar-refractivity contribution in [1.29, 1.82) is 0 Å². The first-order valence-electron chi connectivity index (χ1n) is 7.46. The summed E-state index contributed by atoms with van der Waals surface area (Å²) in [4.78, 5) is 4.59. The van der Waals surface area contributed by atoms with Gasteiger partial charge in [0.1, 0.15) is 0 Å². The number of hydrogen-bond acceptors (Lipinski definition) is 4. The highest BCUT2D eigenvalue weighted by Gasteiger charge is 2.04. The largest absolute Gasteiger partial charge is 0.379 e. The van der Waals surface area contributed by atoms with Crippen LogP contribution in [0.2, 0.25) is 0 Å². The van der Waals surface area contributed by atoms with Gasteiger partial charge < -0.3 is 14.8 Å². The van der Waals surface area contributed by atoms with Crippen LogP contribution < -0.4 is 5.32 Å². The third-order valence-electron chi connectivity index (χ3n) is 2.80. The average molecular weight is 280 g/mol. The van der Waals surface area contributed by atoms with E-state index >= 15 is 0 Å². The maximum Gasteiger partial charge on any atom is 0.0892 e. The normalized spacial score (nSPS) is 12.8. The topological polar surface area (TPSA) is 43.4 Å². The Labute approximate surface area is 122 Å². The summed E-state index contributed by atoms with van der Waals surface area (Å²) in [6.07, 6.45) is 0.0967. The Morgan fingerprint density at radius 1 is 1.20 bits per heavy atom. The molecule has 1 aromatic rings. The summed E-state index contributed by atoms with van der Waals surface area (Å²) in [5, 5.41) is 3.40. The van der Waals surface area contributed by atoms with Crippen LogP contribution in [0.1, 0.15) is 39.1 Å². The van der Waals surface area contributed by atoms with Gasteiger partial charge in [0.2, 0.25) is 0 Å². The van der Waals surface area contributed by atoms with Crippen LogP contribution in [-0.4, -0.2) is 30.8 Å². The molecule has 0 radical (unpaired) electrons. The molecule has 1 heterocycles. The molecule has 0 saturated heterocycles. The number of nitrogens with one attached hydrogen (secondary N) is 1. The Hall–Kier alpha value is -0.970. The molecule has 114 valence electrons. The molecule has 20 heavy (non-hydrogen) atoms. The standard InChI is InChI=1S/C16H28N2O2/c1-5-19-11-14(4)20-12-16-8-6-7-15(18-16)10-17-9-13(2)3/h6-8,13-14,17H,5,9-12H2,1-4H3. The highest BCUT2D eigenvalue weighted by molar-refractivity contribution is 5.10. The average Bonchev–Trinajstić information content (AvgIpc) is 2.43. The zero-order valence-corrected chi connectivity index (χ0v) is 13.2. The number of nitrogens with zero attached hydrogens (tertiary/aromatic N) is 1. The minimum absolute atomic E-state index is 0.0967. The molecule has 0 aromatic carbocycles. The maximum absolute atomic E-state index is 5.72. The van der Waals surface area contributed by atoms with E-state index in [2.05, 4.69) is 24.1 Å². The van der Waals surface area contributed by atoms with Gasteiger partial charge in [-0.2, -0.15) is 0 Å². The molecule has 1 N–H and O–H groups in total. The van der Waals surface area contributed by atoms with Crippen LogP contribution in [0.3, 0.4) is 0 Å². The summed E-state index contributed by atoms with van der Waals surface area (Å²) in [5.41, 5.74) is 2.03. The lowest BCUT2D eigenvalue weighted by atomic mass is 10.2. The molecule has 1 atom stereocenters. The monoisotopic (exact) mass is 280 g/mol. The minimum Gasteiger partial charge on any atom is -0.379 e. The molecular weight excluding hydrogens is 252 g/mol. The first kappa shape index (κ1) is 17.1. The highest BCUT2D eigenvalue weighted by atomic mass is 16.5. The maximum atomic E-state index is 5.72. The highest BCUT2D eigenvalue weighted by Crippen LogP contribution is 2.04. The molecule has 0 spiro atoms. The van der Waals surface area contributed by atoms with Crippen molar-refractivity contribution < 1.29 is 9.47 Å². The van der Waals surface area contributed by atoms with Crippen molar-refractivity contribution in [1.82, 2.24) is 10.3 Å². The van der Waals surface area contributed by atoms with Crippen LogP contribution in [0.15, 0.2) is 18.2 Å². The molecule has 0 bridgehead atoms. The van der Waals surface area contributed by atoms with Gasteiger partial charge in [-0.1, -0.05) is 19.9 Å². The summed E-state index contributed by atoms with van der Waals surface area (Å²) in [6, 6.07) is 6.07. The van der Waals surface area contributed by atoms with Crippen molar-refractivity contribution >= 4 is 0 Å². The smallest absolute Gasteiger partial charge is 0.0892 e. The van der Waals surface area contributed by atoms with Gasteiger partial charge in [0.05, 0.1) is 30.7 Å². The summed E-state index contributed by atoms with van der Waals surface area (Å²) in [6.45, 7) is 12.1. The zero-order chi connectivity index (χ0) is 14.8. The zero-order valence-electron chi connectivity index (χ0n) is 13.2. The van der Waals surface area contributed by atoms with Crippen LogP contribution in [0.4, 0.5) is 0 Å². The van der Waals surface area contributed by atoms with E-state index in [1.165, 1.54) is 0 Å². The Morgan fingerprint density at radius 2 is 1.95 bits per heavy atom. The fourth-order valence-corrected chi connectivity index (χ4v) is 1.76. The van der Waals surface area contributed by atoms with Crippen molar-refractivity contribution in [3.8, 4) is 0 Å². The van der Waals surface area contributed by atoms with Crippen molar-refractivity contribution in [3.05, 3.63) is 29.6 Å². The Bertz CT molecular complexity index is 369. The van der Waals surface area contributed by atoms with E-state index in [0.717, 1.165) is 31.1 Å². The quantitative estimate of drug-likeness (QED) is 0.715. The van der Waals surface area contributed by atoms with Crippen molar-refractivity contribution in [2.24, 2.45) is 5.92 Å². The van der Waals surface area contributed by atoms with Crippen LogP contribution in [0.5, 0.6) is 0 Å². The second-order valence-corrected chi connectivity index (χ2v) is 5.43. The van der Waals surface area contributed by atoms with Gasteiger partial charge >= 0.3 is 0 Å². The van der Waals surface area contributed by atoms with Gasteiger partial charge in [-0.15, -0.1) is 0 Å². The first-order valence-corrected chi connectivity index (χ1v) is 7.46. The summed E-state index contributed by atoms with van der Waals surface area (Å²) in [5.74, 6) is 0.654. The lowest BCUT2D eigenvalue weighted by Gasteiger charge is -2.13. The van der Waals surface area contributed by atoms with Gasteiger partial charge in [-0.25, -0.2) is 0 Å². The van der Waals surface area contributed by atoms with Gasteiger partial charge in [-0.05, 0) is 38.4 Å². The lowest BCUT2D eigenvalue weighted by molar-refractivity contribution is -0.0127. The third-order valence-corrected chi connectivity index (χ3v) is 2.80. The number of ether oxygens (including phenoxy) is 2. The molecule has 1 aromatic heterocycles. The van der Waals surface area contributed by atoms with E-state index in [-0.39, 0.29) is 6.10 Å². The van der Waals surface area contributed by atoms with Crippen molar-refractivity contribution in [2.75, 3.05) is 19.8 Å². The Morgan fingerprint density at radius 3 is 2.65 bits per heavy atom. The van der Waals surface area contributed by atoms with Crippen LogP contribution >= 0.6 is 0 Å².